The second-order valence-corrected chi connectivity index (χ2v) is 7.13. The van der Waals surface area contributed by atoms with Crippen molar-refractivity contribution < 1.29 is 13.9 Å². The topological polar surface area (TPSA) is 38.3 Å². The van der Waals surface area contributed by atoms with Crippen molar-refractivity contribution in [2.45, 2.75) is 25.7 Å². The van der Waals surface area contributed by atoms with Gasteiger partial charge in [-0.2, -0.15) is 11.8 Å². The molecule has 0 aromatic heterocycles. The predicted octanol–water partition coefficient (Wildman–Crippen LogP) is 4.60. The van der Waals surface area contributed by atoms with Gasteiger partial charge in [0.05, 0.1) is 0 Å². The fourth-order valence-corrected chi connectivity index (χ4v) is 3.31. The minimum atomic E-state index is -0.575. The molecule has 0 saturated heterocycles. The summed E-state index contributed by atoms with van der Waals surface area (Å²) in [5.74, 6) is 1.32. The standard InChI is InChI=1S/C19H21ClFNO2S/c1-13-6-8-15(9-7-13)24-14(2)19(23)22-10-11-25-12-16-17(20)4-3-5-18(16)21/h3-9,14H,10-12H2,1-2H3,(H,22,23)/t14-/m0/s1. The Morgan fingerprint density at radius 2 is 2.00 bits per heavy atom. The summed E-state index contributed by atoms with van der Waals surface area (Å²) < 4.78 is 19.2. The number of hydrogen-bond acceptors (Lipinski definition) is 3. The van der Waals surface area contributed by atoms with Gasteiger partial charge in [0.2, 0.25) is 0 Å². The molecule has 0 radical (unpaired) electrons. The van der Waals surface area contributed by atoms with E-state index in [1.807, 2.05) is 31.2 Å². The Morgan fingerprint density at radius 1 is 1.28 bits per heavy atom. The highest BCUT2D eigenvalue weighted by molar-refractivity contribution is 7.98. The molecule has 134 valence electrons. The van der Waals surface area contributed by atoms with Crippen LogP contribution in [0.15, 0.2) is 42.5 Å². The smallest absolute Gasteiger partial charge is 0.260 e. The van der Waals surface area contributed by atoms with Crippen molar-refractivity contribution in [1.82, 2.24) is 5.32 Å². The summed E-state index contributed by atoms with van der Waals surface area (Å²) >= 11 is 7.50. The normalized spacial score (nSPS) is 11.8. The van der Waals surface area contributed by atoms with Gasteiger partial charge in [0.15, 0.2) is 6.10 Å². The number of hydrogen-bond donors (Lipinski definition) is 1. The molecule has 25 heavy (non-hydrogen) atoms. The van der Waals surface area contributed by atoms with E-state index >= 15 is 0 Å². The zero-order chi connectivity index (χ0) is 18.2. The summed E-state index contributed by atoms with van der Waals surface area (Å²) in [6.45, 7) is 4.19. The van der Waals surface area contributed by atoms with Gasteiger partial charge in [0.1, 0.15) is 11.6 Å². The molecule has 2 aromatic carbocycles. The van der Waals surface area contributed by atoms with Crippen LogP contribution in [0, 0.1) is 12.7 Å². The highest BCUT2D eigenvalue weighted by atomic mass is 35.5. The molecule has 0 aliphatic rings. The molecule has 0 unspecified atom stereocenters. The second-order valence-electron chi connectivity index (χ2n) is 5.62. The molecule has 0 spiro atoms. The van der Waals surface area contributed by atoms with Gasteiger partial charge in [-0.05, 0) is 38.1 Å². The average Bonchev–Trinajstić information content (AvgIpc) is 2.58. The molecule has 0 bridgehead atoms. The van der Waals surface area contributed by atoms with Gasteiger partial charge in [-0.25, -0.2) is 4.39 Å². The summed E-state index contributed by atoms with van der Waals surface area (Å²) in [6, 6.07) is 12.2. The average molecular weight is 382 g/mol. The van der Waals surface area contributed by atoms with Gasteiger partial charge in [-0.15, -0.1) is 0 Å². The van der Waals surface area contributed by atoms with Gasteiger partial charge < -0.3 is 10.1 Å². The monoisotopic (exact) mass is 381 g/mol. The Labute approximate surface area is 156 Å². The highest BCUT2D eigenvalue weighted by Crippen LogP contribution is 2.23. The lowest BCUT2D eigenvalue weighted by Crippen LogP contribution is -2.37. The summed E-state index contributed by atoms with van der Waals surface area (Å²) in [6.07, 6.45) is -0.575. The number of amides is 1. The van der Waals surface area contributed by atoms with Gasteiger partial charge in [-0.3, -0.25) is 4.79 Å². The number of rotatable bonds is 8. The van der Waals surface area contributed by atoms with Gasteiger partial charge in [0.25, 0.3) is 5.91 Å². The van der Waals surface area contributed by atoms with Crippen LogP contribution >= 0.6 is 23.4 Å². The van der Waals surface area contributed by atoms with E-state index in [1.54, 1.807) is 19.1 Å². The van der Waals surface area contributed by atoms with Crippen LogP contribution in [0.5, 0.6) is 5.75 Å². The van der Waals surface area contributed by atoms with Crippen molar-refractivity contribution in [3.8, 4) is 5.75 Å². The molecule has 1 amide bonds. The number of nitrogens with one attached hydrogen (secondary N) is 1. The largest absolute Gasteiger partial charge is 0.481 e. The van der Waals surface area contributed by atoms with E-state index in [9.17, 15) is 9.18 Å². The summed E-state index contributed by atoms with van der Waals surface area (Å²) in [4.78, 5) is 12.0. The van der Waals surface area contributed by atoms with Crippen LogP contribution in [-0.4, -0.2) is 24.3 Å². The molecular weight excluding hydrogens is 361 g/mol. The maximum Gasteiger partial charge on any atom is 0.260 e. The lowest BCUT2D eigenvalue weighted by molar-refractivity contribution is -0.127. The van der Waals surface area contributed by atoms with Crippen molar-refractivity contribution in [1.29, 1.82) is 0 Å². The Hall–Kier alpha value is -1.72. The SMILES string of the molecule is Cc1ccc(O[C@@H](C)C(=O)NCCSCc2c(F)cccc2Cl)cc1. The van der Waals surface area contributed by atoms with Gasteiger partial charge >= 0.3 is 0 Å². The van der Waals surface area contributed by atoms with E-state index in [0.29, 0.717) is 34.4 Å². The van der Waals surface area contributed by atoms with E-state index in [1.165, 1.54) is 17.8 Å². The fraction of sp³-hybridized carbons (Fsp3) is 0.316. The van der Waals surface area contributed by atoms with Crippen LogP contribution in [0.3, 0.4) is 0 Å². The zero-order valence-electron chi connectivity index (χ0n) is 14.2. The van der Waals surface area contributed by atoms with Crippen LogP contribution in [-0.2, 0) is 10.5 Å². The zero-order valence-corrected chi connectivity index (χ0v) is 15.8. The first-order valence-corrected chi connectivity index (χ1v) is 9.52. The lowest BCUT2D eigenvalue weighted by Gasteiger charge is -2.15. The van der Waals surface area contributed by atoms with E-state index in [2.05, 4.69) is 5.32 Å². The molecule has 0 fully saturated rings. The Balaban J connectivity index is 1.68. The van der Waals surface area contributed by atoms with Crippen LogP contribution in [0.1, 0.15) is 18.1 Å². The molecule has 0 saturated carbocycles. The van der Waals surface area contributed by atoms with Gasteiger partial charge in [0, 0.05) is 28.6 Å². The van der Waals surface area contributed by atoms with E-state index < -0.39 is 6.10 Å². The Bertz CT molecular complexity index is 689. The first-order chi connectivity index (χ1) is 12.0. The third-order valence-corrected chi connectivity index (χ3v) is 4.90. The van der Waals surface area contributed by atoms with Crippen LogP contribution < -0.4 is 10.1 Å². The molecule has 1 atom stereocenters. The van der Waals surface area contributed by atoms with Crippen molar-refractivity contribution >= 4 is 29.3 Å². The molecule has 2 aromatic rings. The second kappa shape index (κ2) is 9.68. The van der Waals surface area contributed by atoms with Crippen molar-refractivity contribution in [3.63, 3.8) is 0 Å². The molecule has 0 aliphatic heterocycles. The highest BCUT2D eigenvalue weighted by Gasteiger charge is 2.14. The van der Waals surface area contributed by atoms with E-state index in [4.69, 9.17) is 16.3 Å². The van der Waals surface area contributed by atoms with E-state index in [-0.39, 0.29) is 11.7 Å². The van der Waals surface area contributed by atoms with E-state index in [0.717, 1.165) is 5.56 Å². The van der Waals surface area contributed by atoms with Crippen LogP contribution in [0.2, 0.25) is 5.02 Å². The summed E-state index contributed by atoms with van der Waals surface area (Å²) in [7, 11) is 0. The quantitative estimate of drug-likeness (QED) is 0.679. The Morgan fingerprint density at radius 3 is 2.68 bits per heavy atom. The molecule has 2 rings (SSSR count). The Kier molecular flexibility index (Phi) is 7.59. The predicted molar refractivity (Wildman–Crippen MR) is 102 cm³/mol. The molecule has 0 aliphatic carbocycles. The maximum atomic E-state index is 13.6. The molecule has 6 heteroatoms. The molecular formula is C19H21ClFNO2S. The first kappa shape index (κ1) is 19.6. The third-order valence-electron chi connectivity index (χ3n) is 3.56. The van der Waals surface area contributed by atoms with Crippen molar-refractivity contribution in [2.24, 2.45) is 0 Å². The number of thioether (sulfide) groups is 1. The lowest BCUT2D eigenvalue weighted by atomic mass is 10.2. The first-order valence-electron chi connectivity index (χ1n) is 7.99. The molecule has 1 N–H and O–H groups in total. The third kappa shape index (κ3) is 6.25. The number of aryl methyl sites for hydroxylation is 1. The van der Waals surface area contributed by atoms with Crippen LogP contribution in [0.4, 0.5) is 4.39 Å². The van der Waals surface area contributed by atoms with Crippen LogP contribution in [0.25, 0.3) is 0 Å². The number of carbonyl (C=O) groups excluding carboxylic acids is 1. The number of benzene rings is 2. The summed E-state index contributed by atoms with van der Waals surface area (Å²) in [5, 5.41) is 3.25. The maximum absolute atomic E-state index is 13.6. The van der Waals surface area contributed by atoms with Crippen molar-refractivity contribution in [2.75, 3.05) is 12.3 Å². The minimum Gasteiger partial charge on any atom is -0.481 e. The minimum absolute atomic E-state index is 0.176. The number of ether oxygens (including phenoxy) is 1. The fourth-order valence-electron chi connectivity index (χ4n) is 2.11. The van der Waals surface area contributed by atoms with Gasteiger partial charge in [-0.1, -0.05) is 35.4 Å². The summed E-state index contributed by atoms with van der Waals surface area (Å²) in [5.41, 5.74) is 1.63. The number of halogens is 2. The number of carbonyl (C=O) groups is 1. The molecule has 3 nitrogen and oxygen atoms in total. The van der Waals surface area contributed by atoms with Crippen molar-refractivity contribution in [3.05, 3.63) is 64.4 Å². The molecule has 0 heterocycles.